The van der Waals surface area contributed by atoms with Crippen molar-refractivity contribution in [3.05, 3.63) is 0 Å². The van der Waals surface area contributed by atoms with E-state index >= 15 is 0 Å². The molecule has 0 radical (unpaired) electrons. The van der Waals surface area contributed by atoms with E-state index in [0.717, 1.165) is 0 Å². The Balaban J connectivity index is 2.59. The third-order valence-electron chi connectivity index (χ3n) is 2.28. The van der Waals surface area contributed by atoms with Crippen LogP contribution in [0, 0.1) is 5.92 Å². The molecular weight excluding hydrogens is 264 g/mol. The van der Waals surface area contributed by atoms with Crippen LogP contribution in [0.3, 0.4) is 0 Å². The van der Waals surface area contributed by atoms with Crippen LogP contribution in [0.1, 0.15) is 54.4 Å². The Morgan fingerprint density at radius 3 is 1.90 bits per heavy atom. The van der Waals surface area contributed by atoms with E-state index in [0.29, 0.717) is 0 Å². The molecule has 0 aromatic rings. The highest BCUT2D eigenvalue weighted by molar-refractivity contribution is 5.80. The highest BCUT2D eigenvalue weighted by atomic mass is 17.4. The molecule has 6 nitrogen and oxygen atoms in total. The third-order valence-corrected chi connectivity index (χ3v) is 2.28. The van der Waals surface area contributed by atoms with Crippen LogP contribution in [-0.4, -0.2) is 29.4 Å². The fourth-order valence-corrected chi connectivity index (χ4v) is 1.58. The van der Waals surface area contributed by atoms with Crippen molar-refractivity contribution in [3.8, 4) is 0 Å². The van der Waals surface area contributed by atoms with E-state index in [2.05, 4.69) is 9.78 Å². The molecule has 1 aliphatic rings. The van der Waals surface area contributed by atoms with Crippen LogP contribution in [-0.2, 0) is 28.8 Å². The van der Waals surface area contributed by atoms with E-state index in [4.69, 9.17) is 9.47 Å². The number of ether oxygens (including phenoxy) is 2. The monoisotopic (exact) mass is 288 g/mol. The van der Waals surface area contributed by atoms with Gasteiger partial charge in [0.25, 0.3) is 0 Å². The van der Waals surface area contributed by atoms with Crippen molar-refractivity contribution < 1.29 is 28.8 Å². The smallest absolute Gasteiger partial charge is 0.310 e. The zero-order chi connectivity index (χ0) is 15.6. The predicted octanol–water partition coefficient (Wildman–Crippen LogP) is 2.35. The Kier molecular flexibility index (Phi) is 5.15. The van der Waals surface area contributed by atoms with Crippen LogP contribution in [0.25, 0.3) is 0 Å². The molecule has 0 N–H and O–H groups in total. The van der Waals surface area contributed by atoms with Gasteiger partial charge >= 0.3 is 11.9 Å². The summed E-state index contributed by atoms with van der Waals surface area (Å²) < 4.78 is 10.5. The summed E-state index contributed by atoms with van der Waals surface area (Å²) >= 11 is 0. The average Bonchev–Trinajstić information content (AvgIpc) is 2.94. The Bertz CT molecular complexity index is 359. The lowest BCUT2D eigenvalue weighted by Crippen LogP contribution is -2.32. The molecule has 116 valence electrons. The number of hydrogen-bond donors (Lipinski definition) is 0. The van der Waals surface area contributed by atoms with Crippen molar-refractivity contribution in [2.45, 2.75) is 71.9 Å². The Labute approximate surface area is 119 Å². The summed E-state index contributed by atoms with van der Waals surface area (Å²) in [7, 11) is 0. The van der Waals surface area contributed by atoms with Gasteiger partial charge in [0.05, 0.1) is 12.3 Å². The zero-order valence-corrected chi connectivity index (χ0v) is 13.0. The Hall–Kier alpha value is -1.14. The minimum Gasteiger partial charge on any atom is -0.460 e. The SMILES string of the molecule is CC(C)(C)OC(=O)CC(CC1OO1)C(=O)OC(C)(C)C. The second-order valence-electron chi connectivity index (χ2n) is 6.88. The van der Waals surface area contributed by atoms with Crippen LogP contribution in [0.2, 0.25) is 0 Å². The van der Waals surface area contributed by atoms with Crippen LogP contribution < -0.4 is 0 Å². The third kappa shape index (κ3) is 7.45. The number of hydrogen-bond acceptors (Lipinski definition) is 6. The maximum Gasteiger partial charge on any atom is 0.310 e. The lowest BCUT2D eigenvalue weighted by molar-refractivity contribution is -0.167. The predicted molar refractivity (Wildman–Crippen MR) is 70.4 cm³/mol. The molecule has 1 atom stereocenters. The molecule has 1 fully saturated rings. The van der Waals surface area contributed by atoms with Crippen LogP contribution in [0.15, 0.2) is 0 Å². The van der Waals surface area contributed by atoms with Gasteiger partial charge in [0.1, 0.15) is 11.2 Å². The van der Waals surface area contributed by atoms with Gasteiger partial charge in [-0.05, 0) is 41.5 Å². The molecule has 0 aliphatic carbocycles. The molecule has 0 bridgehead atoms. The van der Waals surface area contributed by atoms with E-state index in [9.17, 15) is 9.59 Å². The molecule has 6 heteroatoms. The maximum absolute atomic E-state index is 12.1. The molecule has 1 aliphatic heterocycles. The van der Waals surface area contributed by atoms with Gasteiger partial charge in [-0.1, -0.05) is 0 Å². The molecule has 1 heterocycles. The zero-order valence-electron chi connectivity index (χ0n) is 13.0. The molecular formula is C14H24O6. The molecule has 0 aromatic heterocycles. The topological polar surface area (TPSA) is 77.7 Å². The van der Waals surface area contributed by atoms with Gasteiger partial charge in [0.2, 0.25) is 6.29 Å². The van der Waals surface area contributed by atoms with E-state index in [1.807, 2.05) is 0 Å². The molecule has 0 amide bonds. The van der Waals surface area contributed by atoms with Crippen molar-refractivity contribution in [1.82, 2.24) is 0 Å². The lowest BCUT2D eigenvalue weighted by Gasteiger charge is -2.24. The van der Waals surface area contributed by atoms with Gasteiger partial charge in [-0.2, -0.15) is 9.78 Å². The quantitative estimate of drug-likeness (QED) is 0.439. The largest absolute Gasteiger partial charge is 0.460 e. The Morgan fingerprint density at radius 1 is 1.00 bits per heavy atom. The van der Waals surface area contributed by atoms with Crippen molar-refractivity contribution in [3.63, 3.8) is 0 Å². The molecule has 0 saturated carbocycles. The molecule has 1 unspecified atom stereocenters. The summed E-state index contributed by atoms with van der Waals surface area (Å²) in [5, 5.41) is 0. The van der Waals surface area contributed by atoms with Crippen LogP contribution in [0.5, 0.6) is 0 Å². The van der Waals surface area contributed by atoms with Gasteiger partial charge in [0.15, 0.2) is 0 Å². The van der Waals surface area contributed by atoms with E-state index in [1.54, 1.807) is 41.5 Å². The summed E-state index contributed by atoms with van der Waals surface area (Å²) in [4.78, 5) is 33.2. The van der Waals surface area contributed by atoms with Crippen molar-refractivity contribution in [2.75, 3.05) is 0 Å². The standard InChI is InChI=1S/C14H24O6/c1-13(2,3)17-10(15)7-9(8-11-19-20-11)12(16)18-14(4,5)6/h9,11H,7-8H2,1-6H3. The van der Waals surface area contributed by atoms with E-state index in [-0.39, 0.29) is 12.8 Å². The normalized spacial score (nSPS) is 17.5. The first kappa shape index (κ1) is 16.9. The van der Waals surface area contributed by atoms with Gasteiger partial charge in [-0.3, -0.25) is 9.59 Å². The van der Waals surface area contributed by atoms with E-state index in [1.165, 1.54) is 0 Å². The highest BCUT2D eigenvalue weighted by Gasteiger charge is 2.37. The number of rotatable bonds is 5. The van der Waals surface area contributed by atoms with Gasteiger partial charge < -0.3 is 9.47 Å². The lowest BCUT2D eigenvalue weighted by atomic mass is 10.0. The Morgan fingerprint density at radius 2 is 1.50 bits per heavy atom. The summed E-state index contributed by atoms with van der Waals surface area (Å²) in [6.45, 7) is 10.7. The second kappa shape index (κ2) is 6.10. The van der Waals surface area contributed by atoms with Crippen LogP contribution >= 0.6 is 0 Å². The number of carbonyl (C=O) groups excluding carboxylic acids is 2. The summed E-state index contributed by atoms with van der Waals surface area (Å²) in [6.07, 6.45) is -0.196. The first-order valence-corrected chi connectivity index (χ1v) is 6.73. The van der Waals surface area contributed by atoms with Gasteiger partial charge in [-0.15, -0.1) is 0 Å². The summed E-state index contributed by atoms with van der Waals surface area (Å²) in [5.74, 6) is -1.51. The molecule has 1 rings (SSSR count). The average molecular weight is 288 g/mol. The fraction of sp³-hybridized carbons (Fsp3) is 0.857. The maximum atomic E-state index is 12.1. The van der Waals surface area contributed by atoms with Crippen molar-refractivity contribution >= 4 is 11.9 Å². The minimum atomic E-state index is -0.628. The summed E-state index contributed by atoms with van der Waals surface area (Å²) in [6, 6.07) is 0. The molecule has 0 spiro atoms. The van der Waals surface area contributed by atoms with Gasteiger partial charge in [-0.25, -0.2) is 0 Å². The second-order valence-corrected chi connectivity index (χ2v) is 6.88. The van der Waals surface area contributed by atoms with Crippen LogP contribution in [0.4, 0.5) is 0 Å². The van der Waals surface area contributed by atoms with E-state index < -0.39 is 35.3 Å². The molecule has 20 heavy (non-hydrogen) atoms. The first-order valence-electron chi connectivity index (χ1n) is 6.73. The molecule has 0 aromatic carbocycles. The number of carbonyl (C=O) groups is 2. The van der Waals surface area contributed by atoms with Crippen molar-refractivity contribution in [2.24, 2.45) is 5.92 Å². The minimum absolute atomic E-state index is 0.0462. The van der Waals surface area contributed by atoms with Crippen molar-refractivity contribution in [1.29, 1.82) is 0 Å². The summed E-state index contributed by atoms with van der Waals surface area (Å²) in [5.41, 5.74) is -1.18. The number of esters is 2. The fourth-order valence-electron chi connectivity index (χ4n) is 1.58. The van der Waals surface area contributed by atoms with Gasteiger partial charge in [0, 0.05) is 6.42 Å². The first-order chi connectivity index (χ1) is 8.96. The molecule has 1 saturated heterocycles. The highest BCUT2D eigenvalue weighted by Crippen LogP contribution is 2.26.